The van der Waals surface area contributed by atoms with Crippen molar-refractivity contribution in [1.29, 1.82) is 0 Å². The lowest BCUT2D eigenvalue weighted by molar-refractivity contribution is -0.329. The summed E-state index contributed by atoms with van der Waals surface area (Å²) < 4.78 is 22.7. The molecule has 53 heavy (non-hydrogen) atoms. The van der Waals surface area contributed by atoms with Crippen molar-refractivity contribution < 1.29 is 63.7 Å². The van der Waals surface area contributed by atoms with Gasteiger partial charge in [-0.3, -0.25) is 4.79 Å². The molecule has 3 aliphatic rings. The summed E-state index contributed by atoms with van der Waals surface area (Å²) in [6, 6.07) is 6.62. The number of nitrogens with one attached hydrogen (secondary N) is 1. The second kappa shape index (κ2) is 16.2. The van der Waals surface area contributed by atoms with E-state index >= 15 is 0 Å². The second-order valence-electron chi connectivity index (χ2n) is 15.2. The van der Waals surface area contributed by atoms with Crippen LogP contribution in [0.25, 0.3) is 0 Å². The Balaban J connectivity index is 1.85. The fourth-order valence-corrected chi connectivity index (χ4v) is 8.04. The number of aliphatic hydroxyl groups is 5. The third-order valence-electron chi connectivity index (χ3n) is 11.1. The van der Waals surface area contributed by atoms with Gasteiger partial charge in [0.15, 0.2) is 11.9 Å². The lowest BCUT2D eigenvalue weighted by Gasteiger charge is -2.62. The van der Waals surface area contributed by atoms with Crippen LogP contribution in [0.2, 0.25) is 0 Å². The summed E-state index contributed by atoms with van der Waals surface area (Å²) in [4.78, 5) is 52.8. The third kappa shape index (κ3) is 8.13. The van der Waals surface area contributed by atoms with Gasteiger partial charge in [-0.25, -0.2) is 14.4 Å². The van der Waals surface area contributed by atoms with Crippen molar-refractivity contribution in [2.45, 2.75) is 115 Å². The Morgan fingerprint density at radius 2 is 1.74 bits per heavy atom. The Kier molecular flexibility index (Phi) is 12.8. The summed E-state index contributed by atoms with van der Waals surface area (Å²) in [7, 11) is 0. The van der Waals surface area contributed by atoms with Crippen molar-refractivity contribution in [1.82, 2.24) is 5.32 Å². The summed E-state index contributed by atoms with van der Waals surface area (Å²) in [5.74, 6) is -4.73. The number of hydrogen-bond donors (Lipinski definition) is 6. The largest absolute Gasteiger partial charge is 0.456 e. The number of fused-ring (bicyclic) bond motifs is 1. The highest BCUT2D eigenvalue weighted by atomic mass is 16.6. The first kappa shape index (κ1) is 41.8. The summed E-state index contributed by atoms with van der Waals surface area (Å²) in [5.41, 5.74) is -4.71. The lowest BCUT2D eigenvalue weighted by Crippen LogP contribution is -2.75. The van der Waals surface area contributed by atoms with E-state index in [2.05, 4.69) is 11.9 Å². The molecule has 0 bridgehead atoms. The molecule has 1 aromatic rings. The topological polar surface area (TPSA) is 218 Å². The normalized spacial score (nSPS) is 31.3. The molecule has 14 heteroatoms. The second-order valence-corrected chi connectivity index (χ2v) is 15.2. The minimum atomic E-state index is -2.32. The van der Waals surface area contributed by atoms with Gasteiger partial charge in [0.1, 0.15) is 36.1 Å². The number of ether oxygens (including phenoxy) is 4. The minimum Gasteiger partial charge on any atom is -0.456 e. The summed E-state index contributed by atoms with van der Waals surface area (Å²) >= 11 is 0. The van der Waals surface area contributed by atoms with Gasteiger partial charge in [0, 0.05) is 24.2 Å². The first-order chi connectivity index (χ1) is 24.7. The molecule has 2 aliphatic carbocycles. The van der Waals surface area contributed by atoms with E-state index in [0.29, 0.717) is 5.57 Å². The summed E-state index contributed by atoms with van der Waals surface area (Å²) in [6.45, 7) is 13.9. The Bertz CT molecular complexity index is 1620. The highest BCUT2D eigenvalue weighted by molar-refractivity contribution is 5.89. The average molecular weight is 744 g/mol. The zero-order chi connectivity index (χ0) is 39.6. The molecule has 1 aromatic carbocycles. The van der Waals surface area contributed by atoms with Crippen molar-refractivity contribution in [3.05, 3.63) is 71.3 Å². The van der Waals surface area contributed by atoms with Crippen LogP contribution in [-0.4, -0.2) is 116 Å². The molecule has 6 N–H and O–H groups in total. The van der Waals surface area contributed by atoms with E-state index in [-0.39, 0.29) is 36.3 Å². The zero-order valence-corrected chi connectivity index (χ0v) is 31.3. The van der Waals surface area contributed by atoms with Crippen molar-refractivity contribution in [2.75, 3.05) is 13.2 Å². The van der Waals surface area contributed by atoms with Crippen LogP contribution in [0, 0.1) is 17.3 Å². The molecule has 1 amide bonds. The van der Waals surface area contributed by atoms with Crippen molar-refractivity contribution in [3.63, 3.8) is 0 Å². The van der Waals surface area contributed by atoms with E-state index in [1.54, 1.807) is 52.8 Å². The number of alkyl carbamates (subject to hydrolysis) is 1. The molecular formula is C39H53NO13. The van der Waals surface area contributed by atoms with Crippen LogP contribution in [0.5, 0.6) is 0 Å². The molecule has 10 unspecified atom stereocenters. The van der Waals surface area contributed by atoms with Gasteiger partial charge in [0.25, 0.3) is 0 Å². The number of ketones is 1. The van der Waals surface area contributed by atoms with Gasteiger partial charge in [-0.1, -0.05) is 63.3 Å². The molecule has 0 aromatic heterocycles. The standard InChI is InChI=1S/C39H53NO13/c1-9-15-50-36(47)40-25(16-20(2)3)32(44)35(46)52-27-18-39(49,37(7,8)29(22(27)5)31(43)23(6)41)33(53-34(45)24-13-11-10-12-14-24)30-21(4)26(42)17-28-38(30,48)19-51-28/h9-14,16,21,25-28,30-33,42-44,48-49H,1,15,17-19H2,2-8H3,(H,40,47)/t21-,25?,26?,27?,28?,30?,31?,32?,33?,38?,39?/m0/s1. The van der Waals surface area contributed by atoms with E-state index in [1.807, 2.05) is 0 Å². The van der Waals surface area contributed by atoms with Gasteiger partial charge in [-0.05, 0) is 56.9 Å². The Labute approximate surface area is 309 Å². The molecule has 1 saturated heterocycles. The maximum Gasteiger partial charge on any atom is 0.408 e. The Morgan fingerprint density at radius 1 is 1.09 bits per heavy atom. The fourth-order valence-electron chi connectivity index (χ4n) is 8.04. The lowest BCUT2D eigenvalue weighted by atomic mass is 9.52. The molecule has 1 saturated carbocycles. The van der Waals surface area contributed by atoms with Gasteiger partial charge in [-0.2, -0.15) is 0 Å². The van der Waals surface area contributed by atoms with E-state index in [1.165, 1.54) is 31.2 Å². The number of carbonyl (C=O) groups excluding carboxylic acids is 4. The highest BCUT2D eigenvalue weighted by Gasteiger charge is 2.69. The van der Waals surface area contributed by atoms with Crippen LogP contribution in [-0.2, 0) is 28.5 Å². The highest BCUT2D eigenvalue weighted by Crippen LogP contribution is 2.57. The van der Waals surface area contributed by atoms with E-state index in [4.69, 9.17) is 18.9 Å². The number of aliphatic hydroxyl groups excluding tert-OH is 3. The van der Waals surface area contributed by atoms with Gasteiger partial charge >= 0.3 is 18.0 Å². The molecule has 1 heterocycles. The molecule has 2 fully saturated rings. The molecular weight excluding hydrogens is 690 g/mol. The minimum absolute atomic E-state index is 0.0313. The molecule has 0 spiro atoms. The maximum absolute atomic E-state index is 13.8. The number of hydrogen-bond acceptors (Lipinski definition) is 13. The Morgan fingerprint density at radius 3 is 2.28 bits per heavy atom. The van der Waals surface area contributed by atoms with Gasteiger partial charge < -0.3 is 49.8 Å². The molecule has 0 radical (unpaired) electrons. The predicted octanol–water partition coefficient (Wildman–Crippen LogP) is 2.31. The van der Waals surface area contributed by atoms with Crippen LogP contribution in [0.1, 0.15) is 71.7 Å². The zero-order valence-electron chi connectivity index (χ0n) is 31.3. The van der Waals surface area contributed by atoms with Gasteiger partial charge in [-0.15, -0.1) is 0 Å². The smallest absolute Gasteiger partial charge is 0.408 e. The molecule has 292 valence electrons. The Hall–Kier alpha value is -3.92. The van der Waals surface area contributed by atoms with Crippen LogP contribution in [0.3, 0.4) is 0 Å². The fraction of sp³-hybridized carbons (Fsp3) is 0.590. The van der Waals surface area contributed by atoms with E-state index in [0.717, 1.165) is 6.92 Å². The van der Waals surface area contributed by atoms with Crippen molar-refractivity contribution >= 4 is 23.8 Å². The monoisotopic (exact) mass is 743 g/mol. The molecule has 11 atom stereocenters. The average Bonchev–Trinajstić information content (AvgIpc) is 3.09. The first-order valence-electron chi connectivity index (χ1n) is 17.7. The van der Waals surface area contributed by atoms with Crippen LogP contribution >= 0.6 is 0 Å². The number of amides is 1. The quantitative estimate of drug-likeness (QED) is 0.0973. The summed E-state index contributed by atoms with van der Waals surface area (Å²) in [6.07, 6.45) is -7.41. The predicted molar refractivity (Wildman–Crippen MR) is 190 cm³/mol. The molecule has 1 aliphatic heterocycles. The number of esters is 2. The molecule has 14 nitrogen and oxygen atoms in total. The number of carbonyl (C=O) groups is 4. The van der Waals surface area contributed by atoms with Crippen molar-refractivity contribution in [3.8, 4) is 0 Å². The number of Topliss-reactive ketones (excluding diaryl/α,β-unsaturated/α-hetero) is 1. The first-order valence-corrected chi connectivity index (χ1v) is 17.7. The third-order valence-corrected chi connectivity index (χ3v) is 11.1. The maximum atomic E-state index is 13.8. The van der Waals surface area contributed by atoms with Crippen molar-refractivity contribution in [2.24, 2.45) is 17.3 Å². The van der Waals surface area contributed by atoms with E-state index in [9.17, 15) is 44.7 Å². The molecule has 4 rings (SSSR count). The van der Waals surface area contributed by atoms with Crippen LogP contribution in [0.4, 0.5) is 4.79 Å². The summed E-state index contributed by atoms with van der Waals surface area (Å²) in [5, 5.41) is 61.5. The van der Waals surface area contributed by atoms with Gasteiger partial charge in [0.2, 0.25) is 0 Å². The van der Waals surface area contributed by atoms with Crippen LogP contribution in [0.15, 0.2) is 65.8 Å². The van der Waals surface area contributed by atoms with Gasteiger partial charge in [0.05, 0.1) is 30.4 Å². The number of allylic oxidation sites excluding steroid dienone is 1. The SMILES string of the molecule is C=CCOC(=O)NC(C=C(C)C)C(O)C(=O)OC1CC(O)(C(OC(=O)c2ccccc2)C2[C@@H](C)C(O)CC3OCC32O)C(C)(C)C(C(O)C(C)=O)=C1C. The number of rotatable bonds is 13. The van der Waals surface area contributed by atoms with Crippen LogP contribution < -0.4 is 5.32 Å². The number of benzene rings is 1. The van der Waals surface area contributed by atoms with E-state index < -0.39 is 101 Å².